The Morgan fingerprint density at radius 2 is 2.09 bits per heavy atom. The van der Waals surface area contributed by atoms with Crippen molar-refractivity contribution in [2.75, 3.05) is 0 Å². The van der Waals surface area contributed by atoms with E-state index in [1.807, 2.05) is 6.20 Å². The first-order valence-corrected chi connectivity index (χ1v) is 8.26. The molecule has 7 heteroatoms. The predicted octanol–water partition coefficient (Wildman–Crippen LogP) is 3.38. The molecule has 1 aliphatic rings. The Morgan fingerprint density at radius 1 is 1.26 bits per heavy atom. The summed E-state index contributed by atoms with van der Waals surface area (Å²) in [7, 11) is 0. The number of benzene rings is 1. The summed E-state index contributed by atoms with van der Waals surface area (Å²) in [6.45, 7) is 0.987. The Morgan fingerprint density at radius 3 is 2.87 bits per heavy atom. The molecular formula is C16H15FN4OS. The second-order valence-corrected chi connectivity index (χ2v) is 6.45. The molecule has 0 saturated heterocycles. The van der Waals surface area contributed by atoms with E-state index in [0.29, 0.717) is 24.8 Å². The third-order valence-corrected chi connectivity index (χ3v) is 4.35. The van der Waals surface area contributed by atoms with Gasteiger partial charge in [0.1, 0.15) is 18.2 Å². The van der Waals surface area contributed by atoms with Crippen LogP contribution in [0.25, 0.3) is 0 Å². The second-order valence-electron chi connectivity index (χ2n) is 5.61. The molecule has 0 aliphatic heterocycles. The fourth-order valence-corrected chi connectivity index (χ4v) is 2.90. The van der Waals surface area contributed by atoms with Gasteiger partial charge in [-0.15, -0.1) is 0 Å². The van der Waals surface area contributed by atoms with Gasteiger partial charge in [-0.05, 0) is 42.1 Å². The van der Waals surface area contributed by atoms with Gasteiger partial charge in [0, 0.05) is 5.92 Å². The Kier molecular flexibility index (Phi) is 3.78. The van der Waals surface area contributed by atoms with Crippen molar-refractivity contribution in [3.8, 4) is 5.75 Å². The van der Waals surface area contributed by atoms with Crippen molar-refractivity contribution in [3.63, 3.8) is 0 Å². The van der Waals surface area contributed by atoms with Gasteiger partial charge in [-0.1, -0.05) is 12.1 Å². The van der Waals surface area contributed by atoms with E-state index >= 15 is 0 Å². The second kappa shape index (κ2) is 6.08. The minimum Gasteiger partial charge on any atom is -0.483 e. The molecule has 118 valence electrons. The van der Waals surface area contributed by atoms with Crippen molar-refractivity contribution in [2.24, 2.45) is 0 Å². The Bertz CT molecular complexity index is 795. The number of halogens is 1. The zero-order chi connectivity index (χ0) is 15.6. The van der Waals surface area contributed by atoms with E-state index in [2.05, 4.69) is 14.5 Å². The molecule has 0 bridgehead atoms. The predicted molar refractivity (Wildman–Crippen MR) is 83.9 cm³/mol. The van der Waals surface area contributed by atoms with Crippen LogP contribution < -0.4 is 4.74 Å². The molecule has 0 spiro atoms. The molecule has 0 N–H and O–H groups in total. The SMILES string of the molecule is Fc1ccc(Cn2cc(OCc3nc(C4CC4)ns3)cn2)cc1. The van der Waals surface area contributed by atoms with Crippen molar-refractivity contribution in [1.82, 2.24) is 19.1 Å². The number of hydrogen-bond donors (Lipinski definition) is 0. The Labute approximate surface area is 136 Å². The van der Waals surface area contributed by atoms with E-state index in [4.69, 9.17) is 4.74 Å². The molecule has 1 saturated carbocycles. The third kappa shape index (κ3) is 3.56. The van der Waals surface area contributed by atoms with Crippen LogP contribution in [-0.4, -0.2) is 19.1 Å². The molecule has 1 aliphatic carbocycles. The van der Waals surface area contributed by atoms with Crippen LogP contribution in [0.15, 0.2) is 36.7 Å². The topological polar surface area (TPSA) is 52.8 Å². The maximum atomic E-state index is 12.9. The zero-order valence-electron chi connectivity index (χ0n) is 12.4. The number of ether oxygens (including phenoxy) is 1. The van der Waals surface area contributed by atoms with Gasteiger partial charge in [0.2, 0.25) is 0 Å². The Hall–Kier alpha value is -2.28. The normalized spacial score (nSPS) is 14.1. The van der Waals surface area contributed by atoms with Gasteiger partial charge < -0.3 is 4.74 Å². The summed E-state index contributed by atoms with van der Waals surface area (Å²) in [6, 6.07) is 6.39. The van der Waals surface area contributed by atoms with Crippen LogP contribution in [0.4, 0.5) is 4.39 Å². The molecule has 0 atom stereocenters. The van der Waals surface area contributed by atoms with Gasteiger partial charge in [-0.2, -0.15) is 9.47 Å². The van der Waals surface area contributed by atoms with Gasteiger partial charge in [-0.25, -0.2) is 9.37 Å². The highest BCUT2D eigenvalue weighted by molar-refractivity contribution is 7.05. The van der Waals surface area contributed by atoms with Crippen LogP contribution >= 0.6 is 11.5 Å². The molecule has 4 rings (SSSR count). The first kappa shape index (κ1) is 14.3. The first-order valence-electron chi connectivity index (χ1n) is 7.48. The highest BCUT2D eigenvalue weighted by atomic mass is 32.1. The zero-order valence-corrected chi connectivity index (χ0v) is 13.2. The first-order chi connectivity index (χ1) is 11.3. The molecule has 0 unspecified atom stereocenters. The molecule has 2 heterocycles. The molecule has 5 nitrogen and oxygen atoms in total. The average molecular weight is 330 g/mol. The number of nitrogens with zero attached hydrogens (tertiary/aromatic N) is 4. The smallest absolute Gasteiger partial charge is 0.157 e. The lowest BCUT2D eigenvalue weighted by atomic mass is 10.2. The molecule has 1 aromatic carbocycles. The van der Waals surface area contributed by atoms with Crippen LogP contribution in [0.5, 0.6) is 5.75 Å². The number of aromatic nitrogens is 4. The molecule has 3 aromatic rings. The lowest BCUT2D eigenvalue weighted by Crippen LogP contribution is -1.99. The van der Waals surface area contributed by atoms with Crippen LogP contribution in [0.2, 0.25) is 0 Å². The van der Waals surface area contributed by atoms with Crippen LogP contribution in [-0.2, 0) is 13.2 Å². The highest BCUT2D eigenvalue weighted by Crippen LogP contribution is 2.38. The summed E-state index contributed by atoms with van der Waals surface area (Å²) >= 11 is 1.40. The van der Waals surface area contributed by atoms with Gasteiger partial charge in [0.05, 0.1) is 18.9 Å². The van der Waals surface area contributed by atoms with Gasteiger partial charge in [-0.3, -0.25) is 4.68 Å². The maximum absolute atomic E-state index is 12.9. The largest absolute Gasteiger partial charge is 0.483 e. The van der Waals surface area contributed by atoms with E-state index in [1.54, 1.807) is 23.0 Å². The van der Waals surface area contributed by atoms with Gasteiger partial charge in [0.15, 0.2) is 10.8 Å². The van der Waals surface area contributed by atoms with Crippen molar-refractivity contribution in [3.05, 3.63) is 58.9 Å². The number of rotatable bonds is 6. The monoisotopic (exact) mass is 330 g/mol. The molecule has 2 aromatic heterocycles. The fraction of sp³-hybridized carbons (Fsp3) is 0.312. The van der Waals surface area contributed by atoms with E-state index < -0.39 is 0 Å². The standard InChI is InChI=1S/C16H15FN4OS/c17-13-5-1-11(2-6-13)8-21-9-14(7-18-21)22-10-15-19-16(20-23-15)12-3-4-12/h1-2,5-7,9,12H,3-4,8,10H2. The summed E-state index contributed by atoms with van der Waals surface area (Å²) in [5.74, 6) is 1.98. The van der Waals surface area contributed by atoms with E-state index in [1.165, 1.54) is 36.5 Å². The molecular weight excluding hydrogens is 315 g/mol. The van der Waals surface area contributed by atoms with Crippen LogP contribution in [0, 0.1) is 5.82 Å². The van der Waals surface area contributed by atoms with Crippen molar-refractivity contribution in [2.45, 2.75) is 31.9 Å². The molecule has 1 fully saturated rings. The highest BCUT2D eigenvalue weighted by Gasteiger charge is 2.27. The molecule has 0 amide bonds. The third-order valence-electron chi connectivity index (χ3n) is 3.66. The van der Waals surface area contributed by atoms with E-state index in [9.17, 15) is 4.39 Å². The van der Waals surface area contributed by atoms with E-state index in [-0.39, 0.29) is 5.82 Å². The minimum atomic E-state index is -0.235. The molecule has 23 heavy (non-hydrogen) atoms. The van der Waals surface area contributed by atoms with Gasteiger partial charge in [0.25, 0.3) is 0 Å². The van der Waals surface area contributed by atoms with E-state index in [0.717, 1.165) is 16.4 Å². The Balaban J connectivity index is 1.34. The van der Waals surface area contributed by atoms with Crippen molar-refractivity contribution < 1.29 is 9.13 Å². The van der Waals surface area contributed by atoms with Crippen molar-refractivity contribution in [1.29, 1.82) is 0 Å². The fourth-order valence-electron chi connectivity index (χ4n) is 2.26. The lowest BCUT2D eigenvalue weighted by molar-refractivity contribution is 0.305. The quantitative estimate of drug-likeness (QED) is 0.695. The maximum Gasteiger partial charge on any atom is 0.157 e. The average Bonchev–Trinajstić information content (AvgIpc) is 3.13. The van der Waals surface area contributed by atoms with Gasteiger partial charge >= 0.3 is 0 Å². The summed E-state index contributed by atoms with van der Waals surface area (Å²) in [5.41, 5.74) is 0.985. The van der Waals surface area contributed by atoms with Crippen molar-refractivity contribution >= 4 is 11.5 Å². The summed E-state index contributed by atoms with van der Waals surface area (Å²) in [5, 5.41) is 5.14. The summed E-state index contributed by atoms with van der Waals surface area (Å²) in [6.07, 6.45) is 5.90. The molecule has 0 radical (unpaired) electrons. The summed E-state index contributed by atoms with van der Waals surface area (Å²) in [4.78, 5) is 4.49. The minimum absolute atomic E-state index is 0.235. The van der Waals surface area contributed by atoms with Crippen LogP contribution in [0.1, 0.15) is 35.2 Å². The van der Waals surface area contributed by atoms with Crippen LogP contribution in [0.3, 0.4) is 0 Å². The lowest BCUT2D eigenvalue weighted by Gasteiger charge is -2.01. The summed E-state index contributed by atoms with van der Waals surface area (Å²) < 4.78 is 24.7. The number of hydrogen-bond acceptors (Lipinski definition) is 5.